The first-order valence-corrected chi connectivity index (χ1v) is 7.38. The molecular weight excluding hydrogens is 274 g/mol. The van der Waals surface area contributed by atoms with Gasteiger partial charge in [-0.2, -0.15) is 0 Å². The molecule has 0 spiro atoms. The van der Waals surface area contributed by atoms with Gasteiger partial charge in [0.1, 0.15) is 5.60 Å². The molecule has 3 N–H and O–H groups in total. The monoisotopic (exact) mass is 301 g/mol. The zero-order valence-corrected chi connectivity index (χ0v) is 13.3. The molecule has 1 aliphatic rings. The number of ether oxygens (including phenoxy) is 1. The molecule has 0 aromatic heterocycles. The number of rotatable bonds is 4. The minimum atomic E-state index is -0.874. The van der Waals surface area contributed by atoms with Crippen LogP contribution in [-0.2, 0) is 4.74 Å². The Morgan fingerprint density at radius 3 is 2.67 bits per heavy atom. The third kappa shape index (κ3) is 7.17. The molecule has 0 radical (unpaired) electrons. The van der Waals surface area contributed by atoms with E-state index in [1.807, 2.05) is 27.7 Å². The lowest BCUT2D eigenvalue weighted by Crippen LogP contribution is -2.52. The molecule has 1 aliphatic heterocycles. The van der Waals surface area contributed by atoms with E-state index in [1.54, 1.807) is 0 Å². The topological polar surface area (TPSA) is 90.9 Å². The predicted octanol–water partition coefficient (Wildman–Crippen LogP) is 1.63. The lowest BCUT2D eigenvalue weighted by Gasteiger charge is -2.33. The Labute approximate surface area is 126 Å². The van der Waals surface area contributed by atoms with Crippen LogP contribution in [-0.4, -0.2) is 59.5 Å². The molecule has 0 aromatic carbocycles. The zero-order chi connectivity index (χ0) is 16.0. The number of carbonyl (C=O) groups excluding carboxylic acids is 1. The average molecular weight is 301 g/mol. The molecule has 122 valence electrons. The highest BCUT2D eigenvalue weighted by Gasteiger charge is 2.24. The molecule has 1 saturated heterocycles. The molecule has 1 fully saturated rings. The van der Waals surface area contributed by atoms with Gasteiger partial charge >= 0.3 is 12.2 Å². The van der Waals surface area contributed by atoms with Gasteiger partial charge in [0.2, 0.25) is 0 Å². The van der Waals surface area contributed by atoms with Crippen molar-refractivity contribution in [3.8, 4) is 0 Å². The standard InChI is InChI=1S/C14H27N3O4/c1-10(8-15-12(18)21-14(2,3)4)16-11-6-5-7-17(9-11)13(19)20/h10-11,16H,5-9H2,1-4H3,(H,15,18)(H,19,20). The maximum atomic E-state index is 11.5. The molecule has 2 amide bonds. The van der Waals surface area contributed by atoms with Crippen LogP contribution in [0.25, 0.3) is 0 Å². The second-order valence-corrected chi connectivity index (χ2v) is 6.52. The molecule has 21 heavy (non-hydrogen) atoms. The summed E-state index contributed by atoms with van der Waals surface area (Å²) < 4.78 is 5.16. The Hall–Kier alpha value is -1.50. The van der Waals surface area contributed by atoms with Crippen molar-refractivity contribution < 1.29 is 19.4 Å². The lowest BCUT2D eigenvalue weighted by atomic mass is 10.1. The van der Waals surface area contributed by atoms with E-state index in [4.69, 9.17) is 9.84 Å². The van der Waals surface area contributed by atoms with Crippen LogP contribution in [0.2, 0.25) is 0 Å². The number of carboxylic acid groups (broad SMARTS) is 1. The van der Waals surface area contributed by atoms with Gasteiger partial charge in [-0.3, -0.25) is 0 Å². The molecule has 0 aliphatic carbocycles. The summed E-state index contributed by atoms with van der Waals surface area (Å²) in [5.41, 5.74) is -0.508. The normalized spacial score (nSPS) is 20.8. The van der Waals surface area contributed by atoms with Crippen molar-refractivity contribution in [1.29, 1.82) is 0 Å². The highest BCUT2D eigenvalue weighted by atomic mass is 16.6. The van der Waals surface area contributed by atoms with Gasteiger partial charge in [0.15, 0.2) is 0 Å². The maximum absolute atomic E-state index is 11.5. The van der Waals surface area contributed by atoms with E-state index in [-0.39, 0.29) is 12.1 Å². The summed E-state index contributed by atoms with van der Waals surface area (Å²) in [6.07, 6.45) is 0.490. The minimum Gasteiger partial charge on any atom is -0.465 e. The number of likely N-dealkylation sites (tertiary alicyclic amines) is 1. The van der Waals surface area contributed by atoms with E-state index in [9.17, 15) is 9.59 Å². The maximum Gasteiger partial charge on any atom is 0.407 e. The molecule has 7 heteroatoms. The molecule has 1 rings (SSSR count). The molecule has 0 bridgehead atoms. The van der Waals surface area contributed by atoms with Crippen molar-refractivity contribution >= 4 is 12.2 Å². The molecule has 1 heterocycles. The third-order valence-corrected chi connectivity index (χ3v) is 3.16. The van der Waals surface area contributed by atoms with Gasteiger partial charge < -0.3 is 25.4 Å². The van der Waals surface area contributed by atoms with Gasteiger partial charge in [-0.1, -0.05) is 0 Å². The smallest absolute Gasteiger partial charge is 0.407 e. The summed E-state index contributed by atoms with van der Waals surface area (Å²) in [6.45, 7) is 8.93. The first kappa shape index (κ1) is 17.6. The molecule has 0 aromatic rings. The van der Waals surface area contributed by atoms with Crippen LogP contribution in [0.1, 0.15) is 40.5 Å². The lowest BCUT2D eigenvalue weighted by molar-refractivity contribution is 0.0522. The van der Waals surface area contributed by atoms with Crippen LogP contribution in [0, 0.1) is 0 Å². The van der Waals surface area contributed by atoms with Gasteiger partial charge in [-0.25, -0.2) is 9.59 Å². The SMILES string of the molecule is CC(CNC(=O)OC(C)(C)C)NC1CCCN(C(=O)O)C1. The summed E-state index contributed by atoms with van der Waals surface area (Å²) in [5, 5.41) is 15.1. The molecule has 0 saturated carbocycles. The Bertz CT molecular complexity index is 368. The van der Waals surface area contributed by atoms with Crippen molar-refractivity contribution in [3.05, 3.63) is 0 Å². The van der Waals surface area contributed by atoms with Crippen LogP contribution in [0.5, 0.6) is 0 Å². The fraction of sp³-hybridized carbons (Fsp3) is 0.857. The summed E-state index contributed by atoms with van der Waals surface area (Å²) in [6, 6.07) is 0.182. The summed E-state index contributed by atoms with van der Waals surface area (Å²) in [4.78, 5) is 23.9. The second kappa shape index (κ2) is 7.49. The second-order valence-electron chi connectivity index (χ2n) is 6.52. The molecule has 2 unspecified atom stereocenters. The Morgan fingerprint density at radius 1 is 1.43 bits per heavy atom. The summed E-state index contributed by atoms with van der Waals surface area (Å²) in [7, 11) is 0. The fourth-order valence-electron chi connectivity index (χ4n) is 2.30. The number of alkyl carbamates (subject to hydrolysis) is 1. The number of hydrogen-bond donors (Lipinski definition) is 3. The van der Waals surface area contributed by atoms with Gasteiger partial charge in [0.25, 0.3) is 0 Å². The summed E-state index contributed by atoms with van der Waals surface area (Å²) in [5.74, 6) is 0. The Morgan fingerprint density at radius 2 is 2.10 bits per heavy atom. The van der Waals surface area contributed by atoms with Gasteiger partial charge in [0, 0.05) is 31.7 Å². The van der Waals surface area contributed by atoms with Crippen molar-refractivity contribution in [2.45, 2.75) is 58.2 Å². The van der Waals surface area contributed by atoms with Crippen LogP contribution < -0.4 is 10.6 Å². The first-order chi connectivity index (χ1) is 9.67. The third-order valence-electron chi connectivity index (χ3n) is 3.16. The van der Waals surface area contributed by atoms with E-state index < -0.39 is 17.8 Å². The van der Waals surface area contributed by atoms with Crippen LogP contribution in [0.15, 0.2) is 0 Å². The number of nitrogens with one attached hydrogen (secondary N) is 2. The van der Waals surface area contributed by atoms with Crippen LogP contribution in [0.3, 0.4) is 0 Å². The highest BCUT2D eigenvalue weighted by molar-refractivity contribution is 5.67. The van der Waals surface area contributed by atoms with Crippen LogP contribution >= 0.6 is 0 Å². The van der Waals surface area contributed by atoms with Crippen LogP contribution in [0.4, 0.5) is 9.59 Å². The van der Waals surface area contributed by atoms with Crippen molar-refractivity contribution in [3.63, 3.8) is 0 Å². The van der Waals surface area contributed by atoms with E-state index in [0.717, 1.165) is 12.8 Å². The van der Waals surface area contributed by atoms with Gasteiger partial charge in [-0.15, -0.1) is 0 Å². The van der Waals surface area contributed by atoms with Gasteiger partial charge in [0.05, 0.1) is 0 Å². The van der Waals surface area contributed by atoms with E-state index in [1.165, 1.54) is 4.90 Å². The predicted molar refractivity (Wildman–Crippen MR) is 79.5 cm³/mol. The van der Waals surface area contributed by atoms with Crippen molar-refractivity contribution in [2.75, 3.05) is 19.6 Å². The van der Waals surface area contributed by atoms with Gasteiger partial charge in [-0.05, 0) is 40.5 Å². The van der Waals surface area contributed by atoms with Crippen molar-refractivity contribution in [2.24, 2.45) is 0 Å². The number of piperidine rings is 1. The highest BCUT2D eigenvalue weighted by Crippen LogP contribution is 2.11. The average Bonchev–Trinajstić information content (AvgIpc) is 2.34. The number of amides is 2. The quantitative estimate of drug-likeness (QED) is 0.734. The molecule has 2 atom stereocenters. The minimum absolute atomic E-state index is 0.0521. The van der Waals surface area contributed by atoms with E-state index >= 15 is 0 Å². The Balaban J connectivity index is 2.28. The zero-order valence-electron chi connectivity index (χ0n) is 13.3. The molecular formula is C14H27N3O4. The number of nitrogens with zero attached hydrogens (tertiary/aromatic N) is 1. The fourth-order valence-corrected chi connectivity index (χ4v) is 2.30. The number of carbonyl (C=O) groups is 2. The first-order valence-electron chi connectivity index (χ1n) is 7.38. The van der Waals surface area contributed by atoms with Crippen molar-refractivity contribution in [1.82, 2.24) is 15.5 Å². The molecule has 7 nitrogen and oxygen atoms in total. The summed E-state index contributed by atoms with van der Waals surface area (Å²) >= 11 is 0. The number of hydrogen-bond acceptors (Lipinski definition) is 4. The van der Waals surface area contributed by atoms with E-state index in [2.05, 4.69) is 10.6 Å². The van der Waals surface area contributed by atoms with E-state index in [0.29, 0.717) is 19.6 Å². The Kier molecular flexibility index (Phi) is 6.26. The largest absolute Gasteiger partial charge is 0.465 e.